The van der Waals surface area contributed by atoms with Gasteiger partial charge in [-0.2, -0.15) is 4.98 Å². The molecule has 0 aliphatic rings. The molecule has 0 spiro atoms. The Morgan fingerprint density at radius 2 is 2.11 bits per heavy atom. The van der Waals surface area contributed by atoms with Crippen LogP contribution in [0.2, 0.25) is 0 Å². The van der Waals surface area contributed by atoms with Gasteiger partial charge in [-0.3, -0.25) is 0 Å². The van der Waals surface area contributed by atoms with Gasteiger partial charge in [-0.05, 0) is 32.4 Å². The standard InChI is InChI=1S/C13H18N4O/c1-4-10(9(3)14)13-16-12(17-18-13)11-7-5-6-8(2)15-11/h5-7,9-10H,4,14H2,1-3H3. The highest BCUT2D eigenvalue weighted by molar-refractivity contribution is 5.48. The molecule has 0 radical (unpaired) electrons. The number of rotatable bonds is 4. The molecule has 0 aromatic carbocycles. The molecule has 5 nitrogen and oxygen atoms in total. The van der Waals surface area contributed by atoms with Crippen LogP contribution in [0.25, 0.3) is 11.5 Å². The van der Waals surface area contributed by atoms with E-state index < -0.39 is 0 Å². The molecule has 2 rings (SSSR count). The summed E-state index contributed by atoms with van der Waals surface area (Å²) in [5.41, 5.74) is 7.56. The molecule has 2 N–H and O–H groups in total. The van der Waals surface area contributed by atoms with Crippen molar-refractivity contribution in [2.45, 2.75) is 39.2 Å². The minimum atomic E-state index is -0.00577. The number of nitrogens with two attached hydrogens (primary N) is 1. The third-order valence-corrected chi connectivity index (χ3v) is 2.95. The van der Waals surface area contributed by atoms with Gasteiger partial charge in [0.2, 0.25) is 11.7 Å². The molecule has 0 saturated heterocycles. The highest BCUT2D eigenvalue weighted by Crippen LogP contribution is 2.23. The van der Waals surface area contributed by atoms with Crippen LogP contribution in [0.5, 0.6) is 0 Å². The number of aryl methyl sites for hydroxylation is 1. The van der Waals surface area contributed by atoms with Crippen molar-refractivity contribution in [1.82, 2.24) is 15.1 Å². The predicted octanol–water partition coefficient (Wildman–Crippen LogP) is 2.28. The zero-order chi connectivity index (χ0) is 13.1. The summed E-state index contributed by atoms with van der Waals surface area (Å²) in [4.78, 5) is 8.76. The Balaban J connectivity index is 2.30. The maximum Gasteiger partial charge on any atom is 0.231 e. The lowest BCUT2D eigenvalue weighted by atomic mass is 9.99. The van der Waals surface area contributed by atoms with E-state index in [1.54, 1.807) is 0 Å². The van der Waals surface area contributed by atoms with E-state index in [1.165, 1.54) is 0 Å². The summed E-state index contributed by atoms with van der Waals surface area (Å²) < 4.78 is 5.29. The number of hydrogen-bond donors (Lipinski definition) is 1. The first-order chi connectivity index (χ1) is 8.61. The van der Waals surface area contributed by atoms with Gasteiger partial charge < -0.3 is 10.3 Å². The summed E-state index contributed by atoms with van der Waals surface area (Å²) in [5, 5.41) is 3.97. The van der Waals surface area contributed by atoms with Crippen LogP contribution in [-0.4, -0.2) is 21.2 Å². The second-order valence-electron chi connectivity index (χ2n) is 4.49. The zero-order valence-corrected chi connectivity index (χ0v) is 10.9. The van der Waals surface area contributed by atoms with Gasteiger partial charge >= 0.3 is 0 Å². The van der Waals surface area contributed by atoms with Crippen LogP contribution in [0, 0.1) is 6.92 Å². The smallest absolute Gasteiger partial charge is 0.231 e. The van der Waals surface area contributed by atoms with Crippen molar-refractivity contribution in [2.75, 3.05) is 0 Å². The van der Waals surface area contributed by atoms with Crippen LogP contribution in [0.15, 0.2) is 22.7 Å². The van der Waals surface area contributed by atoms with Crippen LogP contribution in [0.4, 0.5) is 0 Å². The van der Waals surface area contributed by atoms with Gasteiger partial charge in [0.15, 0.2) is 0 Å². The van der Waals surface area contributed by atoms with E-state index in [4.69, 9.17) is 10.3 Å². The molecule has 18 heavy (non-hydrogen) atoms. The molecule has 0 bridgehead atoms. The molecule has 2 atom stereocenters. The van der Waals surface area contributed by atoms with Gasteiger partial charge in [0.1, 0.15) is 5.69 Å². The number of pyridine rings is 1. The topological polar surface area (TPSA) is 77.8 Å². The average molecular weight is 246 g/mol. The highest BCUT2D eigenvalue weighted by atomic mass is 16.5. The molecule has 2 aromatic heterocycles. The van der Waals surface area contributed by atoms with E-state index in [0.717, 1.165) is 17.8 Å². The van der Waals surface area contributed by atoms with Gasteiger partial charge in [0.25, 0.3) is 0 Å². The van der Waals surface area contributed by atoms with E-state index in [1.807, 2.05) is 32.0 Å². The largest absolute Gasteiger partial charge is 0.339 e. The highest BCUT2D eigenvalue weighted by Gasteiger charge is 2.21. The van der Waals surface area contributed by atoms with E-state index in [-0.39, 0.29) is 12.0 Å². The number of hydrogen-bond acceptors (Lipinski definition) is 5. The van der Waals surface area contributed by atoms with Crippen molar-refractivity contribution in [2.24, 2.45) is 5.73 Å². The third-order valence-electron chi connectivity index (χ3n) is 2.95. The monoisotopic (exact) mass is 246 g/mol. The lowest BCUT2D eigenvalue weighted by molar-refractivity contribution is 0.334. The summed E-state index contributed by atoms with van der Waals surface area (Å²) >= 11 is 0. The quantitative estimate of drug-likeness (QED) is 0.895. The minimum absolute atomic E-state index is 0.00577. The maximum absolute atomic E-state index is 5.91. The molecule has 0 fully saturated rings. The van der Waals surface area contributed by atoms with Gasteiger partial charge in [0.05, 0.1) is 5.92 Å². The SMILES string of the molecule is CCC(c1nc(-c2cccc(C)n2)no1)C(C)N. The third kappa shape index (κ3) is 2.56. The second kappa shape index (κ2) is 5.27. The molecule has 5 heteroatoms. The van der Waals surface area contributed by atoms with Gasteiger partial charge in [0, 0.05) is 11.7 Å². The molecule has 2 heterocycles. The van der Waals surface area contributed by atoms with Crippen LogP contribution in [0.3, 0.4) is 0 Å². The van der Waals surface area contributed by atoms with Gasteiger partial charge in [-0.1, -0.05) is 18.1 Å². The van der Waals surface area contributed by atoms with Crippen molar-refractivity contribution in [3.05, 3.63) is 29.8 Å². The van der Waals surface area contributed by atoms with E-state index in [0.29, 0.717) is 11.7 Å². The minimum Gasteiger partial charge on any atom is -0.339 e. The molecular weight excluding hydrogens is 228 g/mol. The molecule has 2 unspecified atom stereocenters. The van der Waals surface area contributed by atoms with Crippen LogP contribution in [0.1, 0.15) is 37.8 Å². The van der Waals surface area contributed by atoms with Gasteiger partial charge in [-0.15, -0.1) is 0 Å². The Bertz CT molecular complexity index is 521. The summed E-state index contributed by atoms with van der Waals surface area (Å²) in [6, 6.07) is 5.72. The number of aromatic nitrogens is 3. The van der Waals surface area contributed by atoms with E-state index in [2.05, 4.69) is 22.0 Å². The Hall–Kier alpha value is -1.75. The van der Waals surface area contributed by atoms with Crippen LogP contribution in [-0.2, 0) is 0 Å². The fourth-order valence-corrected chi connectivity index (χ4v) is 1.93. The van der Waals surface area contributed by atoms with Crippen LogP contribution < -0.4 is 5.73 Å². The Kier molecular flexibility index (Phi) is 3.72. The Morgan fingerprint density at radius 1 is 1.33 bits per heavy atom. The zero-order valence-electron chi connectivity index (χ0n) is 10.9. The first-order valence-corrected chi connectivity index (χ1v) is 6.15. The van der Waals surface area contributed by atoms with Gasteiger partial charge in [-0.25, -0.2) is 4.98 Å². The van der Waals surface area contributed by atoms with Crippen molar-refractivity contribution in [1.29, 1.82) is 0 Å². The molecular formula is C13H18N4O. The fourth-order valence-electron chi connectivity index (χ4n) is 1.93. The molecule has 0 amide bonds. The molecule has 2 aromatic rings. The Morgan fingerprint density at radius 3 is 2.72 bits per heavy atom. The van der Waals surface area contributed by atoms with Crippen molar-refractivity contribution < 1.29 is 4.52 Å². The lowest BCUT2D eigenvalue weighted by Gasteiger charge is -2.13. The molecule has 0 aliphatic heterocycles. The van der Waals surface area contributed by atoms with Crippen LogP contribution >= 0.6 is 0 Å². The first-order valence-electron chi connectivity index (χ1n) is 6.15. The molecule has 0 aliphatic carbocycles. The normalized spacial score (nSPS) is 14.4. The summed E-state index contributed by atoms with van der Waals surface area (Å²) in [6.45, 7) is 5.94. The lowest BCUT2D eigenvalue weighted by Crippen LogP contribution is -2.24. The fraction of sp³-hybridized carbons (Fsp3) is 0.462. The second-order valence-corrected chi connectivity index (χ2v) is 4.49. The van der Waals surface area contributed by atoms with Crippen molar-refractivity contribution >= 4 is 0 Å². The summed E-state index contributed by atoms with van der Waals surface area (Å²) in [6.07, 6.45) is 0.876. The van der Waals surface area contributed by atoms with E-state index in [9.17, 15) is 0 Å². The van der Waals surface area contributed by atoms with Crippen molar-refractivity contribution in [3.8, 4) is 11.5 Å². The van der Waals surface area contributed by atoms with Crippen molar-refractivity contribution in [3.63, 3.8) is 0 Å². The Labute approximate surface area is 106 Å². The predicted molar refractivity (Wildman–Crippen MR) is 68.9 cm³/mol. The number of nitrogens with zero attached hydrogens (tertiary/aromatic N) is 3. The first kappa shape index (κ1) is 12.7. The molecule has 96 valence electrons. The van der Waals surface area contributed by atoms with E-state index >= 15 is 0 Å². The summed E-state index contributed by atoms with van der Waals surface area (Å²) in [7, 11) is 0. The average Bonchev–Trinajstić information content (AvgIpc) is 2.79. The maximum atomic E-state index is 5.91. The molecule has 0 saturated carbocycles. The summed E-state index contributed by atoms with van der Waals surface area (Å²) in [5.74, 6) is 1.20.